The quantitative estimate of drug-likeness (QED) is 0.190. The molecule has 4 heteroatoms. The van der Waals surface area contributed by atoms with Crippen molar-refractivity contribution in [2.75, 3.05) is 0 Å². The summed E-state index contributed by atoms with van der Waals surface area (Å²) >= 11 is 0. The van der Waals surface area contributed by atoms with Crippen molar-refractivity contribution in [1.82, 2.24) is 14.1 Å². The third kappa shape index (κ3) is 4.11. The minimum atomic E-state index is 0.803. The monoisotopic (exact) mass is 651 g/mol. The summed E-state index contributed by atoms with van der Waals surface area (Å²) in [5.41, 5.74) is 13.7. The van der Waals surface area contributed by atoms with Gasteiger partial charge in [-0.15, -0.1) is 0 Å². The van der Waals surface area contributed by atoms with Crippen LogP contribution in [0.2, 0.25) is 0 Å². The normalized spacial score (nSPS) is 11.9. The van der Waals surface area contributed by atoms with Crippen LogP contribution in [0.3, 0.4) is 0 Å². The first-order chi connectivity index (χ1) is 25.3. The van der Waals surface area contributed by atoms with Gasteiger partial charge in [0.05, 0.1) is 27.8 Å². The Kier molecular flexibility index (Phi) is 5.92. The number of hydrogen-bond acceptors (Lipinski definition) is 2. The van der Waals surface area contributed by atoms with Crippen LogP contribution >= 0.6 is 0 Å². The molecule has 0 spiro atoms. The van der Waals surface area contributed by atoms with Crippen LogP contribution in [0.5, 0.6) is 0 Å². The zero-order valence-corrected chi connectivity index (χ0v) is 27.5. The second-order valence-corrected chi connectivity index (χ2v) is 13.1. The van der Waals surface area contributed by atoms with Gasteiger partial charge in [-0.05, 0) is 72.3 Å². The fourth-order valence-corrected chi connectivity index (χ4v) is 8.09. The summed E-state index contributed by atoms with van der Waals surface area (Å²) < 4.78 is 11.3. The SMILES string of the molecule is c1ccc(-c2cc(-c3ccc(-n4c5ccccc5c5c6c7ccccc7n(-c7ccccc7)c6ccc54)cc3)c3oc4ccccc4c3n2)cc1. The van der Waals surface area contributed by atoms with E-state index in [1.54, 1.807) is 0 Å². The molecule has 0 aliphatic rings. The van der Waals surface area contributed by atoms with Crippen molar-refractivity contribution in [3.05, 3.63) is 176 Å². The van der Waals surface area contributed by atoms with Gasteiger partial charge in [0.25, 0.3) is 0 Å². The summed E-state index contributed by atoms with van der Waals surface area (Å²) in [6.07, 6.45) is 0. The molecule has 0 aliphatic heterocycles. The molecular weight excluding hydrogens is 623 g/mol. The fourth-order valence-electron chi connectivity index (χ4n) is 8.09. The summed E-state index contributed by atoms with van der Waals surface area (Å²) in [5, 5.41) is 6.05. The molecular formula is C47H29N3O. The van der Waals surface area contributed by atoms with Gasteiger partial charge in [0.1, 0.15) is 11.1 Å². The zero-order chi connectivity index (χ0) is 33.5. The second kappa shape index (κ2) is 10.8. The average Bonchev–Trinajstić information content (AvgIpc) is 3.86. The molecule has 11 rings (SSSR count). The minimum Gasteiger partial charge on any atom is -0.454 e. The first-order valence-electron chi connectivity index (χ1n) is 17.3. The molecule has 0 amide bonds. The van der Waals surface area contributed by atoms with Gasteiger partial charge in [-0.3, -0.25) is 0 Å². The average molecular weight is 652 g/mol. The maximum Gasteiger partial charge on any atom is 0.161 e. The summed E-state index contributed by atoms with van der Waals surface area (Å²) in [4.78, 5) is 5.11. The molecule has 238 valence electrons. The molecule has 0 fully saturated rings. The van der Waals surface area contributed by atoms with Crippen LogP contribution in [0.15, 0.2) is 180 Å². The molecule has 51 heavy (non-hydrogen) atoms. The number of aromatic nitrogens is 3. The highest BCUT2D eigenvalue weighted by molar-refractivity contribution is 6.29. The van der Waals surface area contributed by atoms with E-state index in [-0.39, 0.29) is 0 Å². The minimum absolute atomic E-state index is 0.803. The number of pyridine rings is 1. The Hall–Kier alpha value is -6.91. The van der Waals surface area contributed by atoms with Gasteiger partial charge < -0.3 is 13.6 Å². The first-order valence-corrected chi connectivity index (χ1v) is 17.3. The highest BCUT2D eigenvalue weighted by Gasteiger charge is 2.21. The number of furan rings is 1. The van der Waals surface area contributed by atoms with Gasteiger partial charge in [0.15, 0.2) is 5.58 Å². The Balaban J connectivity index is 1.14. The molecule has 4 heterocycles. The summed E-state index contributed by atoms with van der Waals surface area (Å²) in [7, 11) is 0. The Morgan fingerprint density at radius 2 is 0.941 bits per heavy atom. The topological polar surface area (TPSA) is 35.9 Å². The number of benzene rings is 7. The molecule has 11 aromatic rings. The van der Waals surface area contributed by atoms with E-state index in [4.69, 9.17) is 9.40 Å². The van der Waals surface area contributed by atoms with E-state index in [1.165, 1.54) is 43.6 Å². The van der Waals surface area contributed by atoms with Crippen LogP contribution in [-0.2, 0) is 0 Å². The lowest BCUT2D eigenvalue weighted by molar-refractivity contribution is 0.669. The van der Waals surface area contributed by atoms with Crippen LogP contribution in [0.4, 0.5) is 0 Å². The molecule has 0 saturated heterocycles. The van der Waals surface area contributed by atoms with E-state index < -0.39 is 0 Å². The van der Waals surface area contributed by atoms with Crippen LogP contribution < -0.4 is 0 Å². The van der Waals surface area contributed by atoms with Crippen molar-refractivity contribution < 1.29 is 4.42 Å². The summed E-state index contributed by atoms with van der Waals surface area (Å²) in [6.45, 7) is 0. The lowest BCUT2D eigenvalue weighted by atomic mass is 10.0. The van der Waals surface area contributed by atoms with Crippen molar-refractivity contribution >= 4 is 65.7 Å². The second-order valence-electron chi connectivity index (χ2n) is 13.1. The Morgan fingerprint density at radius 1 is 0.412 bits per heavy atom. The van der Waals surface area contributed by atoms with Gasteiger partial charge in [-0.25, -0.2) is 4.98 Å². The number of para-hydroxylation sites is 4. The number of rotatable bonds is 4. The van der Waals surface area contributed by atoms with Crippen LogP contribution in [0.1, 0.15) is 0 Å². The molecule has 0 radical (unpaired) electrons. The van der Waals surface area contributed by atoms with E-state index in [0.717, 1.165) is 55.8 Å². The summed E-state index contributed by atoms with van der Waals surface area (Å²) in [6, 6.07) is 62.4. The largest absolute Gasteiger partial charge is 0.454 e. The standard InChI is InChI=1S/C47H29N3O/c1-3-13-31(14-4-1)38-29-37(47-46(48-38)36-19-9-12-22-43(36)51-47)30-23-25-33(26-24-30)50-40-21-11-8-18-35(40)45-42(50)28-27-41-44(45)34-17-7-10-20-39(34)49(41)32-15-5-2-6-16-32/h1-29H. The van der Waals surface area contributed by atoms with Gasteiger partial charge in [-0.1, -0.05) is 109 Å². The maximum absolute atomic E-state index is 6.49. The molecule has 4 nitrogen and oxygen atoms in total. The van der Waals surface area contributed by atoms with Crippen molar-refractivity contribution in [3.8, 4) is 33.8 Å². The van der Waals surface area contributed by atoms with E-state index in [2.05, 4.69) is 161 Å². The van der Waals surface area contributed by atoms with Gasteiger partial charge in [-0.2, -0.15) is 0 Å². The molecule has 0 unspecified atom stereocenters. The van der Waals surface area contributed by atoms with Crippen LogP contribution in [-0.4, -0.2) is 14.1 Å². The Labute approximate surface area is 293 Å². The first kappa shape index (κ1) is 28.0. The van der Waals surface area contributed by atoms with Gasteiger partial charge in [0, 0.05) is 49.4 Å². The fraction of sp³-hybridized carbons (Fsp3) is 0. The van der Waals surface area contributed by atoms with Crippen LogP contribution in [0, 0.1) is 0 Å². The molecule has 0 saturated carbocycles. The number of nitrogens with zero attached hydrogens (tertiary/aromatic N) is 3. The number of hydrogen-bond donors (Lipinski definition) is 0. The highest BCUT2D eigenvalue weighted by Crippen LogP contribution is 2.43. The number of fused-ring (bicyclic) bond motifs is 10. The van der Waals surface area contributed by atoms with Crippen molar-refractivity contribution in [3.63, 3.8) is 0 Å². The van der Waals surface area contributed by atoms with E-state index in [1.807, 2.05) is 24.3 Å². The van der Waals surface area contributed by atoms with E-state index in [9.17, 15) is 0 Å². The predicted octanol–water partition coefficient (Wildman–Crippen LogP) is 12.5. The van der Waals surface area contributed by atoms with Crippen molar-refractivity contribution in [2.24, 2.45) is 0 Å². The maximum atomic E-state index is 6.49. The lowest BCUT2D eigenvalue weighted by Crippen LogP contribution is -1.95. The third-order valence-corrected chi connectivity index (χ3v) is 10.3. The Bertz CT molecular complexity index is 3110. The zero-order valence-electron chi connectivity index (χ0n) is 27.5. The van der Waals surface area contributed by atoms with Crippen molar-refractivity contribution in [1.29, 1.82) is 0 Å². The molecule has 0 N–H and O–H groups in total. The van der Waals surface area contributed by atoms with Crippen LogP contribution in [0.25, 0.3) is 99.4 Å². The lowest BCUT2D eigenvalue weighted by Gasteiger charge is -2.11. The van der Waals surface area contributed by atoms with Crippen molar-refractivity contribution in [2.45, 2.75) is 0 Å². The highest BCUT2D eigenvalue weighted by atomic mass is 16.3. The van der Waals surface area contributed by atoms with E-state index >= 15 is 0 Å². The summed E-state index contributed by atoms with van der Waals surface area (Å²) in [5.74, 6) is 0. The molecule has 7 aromatic carbocycles. The molecule has 0 aliphatic carbocycles. The van der Waals surface area contributed by atoms with E-state index in [0.29, 0.717) is 0 Å². The van der Waals surface area contributed by atoms with Gasteiger partial charge in [0.2, 0.25) is 0 Å². The Morgan fingerprint density at radius 3 is 1.59 bits per heavy atom. The molecule has 0 atom stereocenters. The smallest absolute Gasteiger partial charge is 0.161 e. The predicted molar refractivity (Wildman–Crippen MR) is 211 cm³/mol. The molecule has 0 bridgehead atoms. The third-order valence-electron chi connectivity index (χ3n) is 10.3. The van der Waals surface area contributed by atoms with Gasteiger partial charge >= 0.3 is 0 Å². The molecule has 4 aromatic heterocycles.